The molecule has 0 heterocycles. The van der Waals surface area contributed by atoms with E-state index in [0.29, 0.717) is 0 Å². The van der Waals surface area contributed by atoms with E-state index < -0.39 is 0 Å². The number of rotatable bonds is 10. The molecule has 1 heteroatoms. The molecular formula is C13H27N. The number of nitrogens with one attached hydrogen (secondary N) is 1. The average molecular weight is 197 g/mol. The van der Waals surface area contributed by atoms with Gasteiger partial charge in [0.2, 0.25) is 0 Å². The highest BCUT2D eigenvalue weighted by Crippen LogP contribution is 2.27. The van der Waals surface area contributed by atoms with E-state index in [0.717, 1.165) is 5.92 Å². The van der Waals surface area contributed by atoms with Crippen molar-refractivity contribution in [3.8, 4) is 0 Å². The monoisotopic (exact) mass is 197 g/mol. The first-order valence-electron chi connectivity index (χ1n) is 6.64. The van der Waals surface area contributed by atoms with Crippen LogP contribution >= 0.6 is 0 Å². The summed E-state index contributed by atoms with van der Waals surface area (Å²) in [5.74, 6) is 1.04. The predicted octanol–water partition coefficient (Wildman–Crippen LogP) is 3.74. The van der Waals surface area contributed by atoms with Crippen LogP contribution in [0.2, 0.25) is 0 Å². The summed E-state index contributed by atoms with van der Waals surface area (Å²) < 4.78 is 0. The molecular weight excluding hydrogens is 170 g/mol. The Balaban J connectivity index is 1.63. The molecule has 1 aliphatic carbocycles. The maximum Gasteiger partial charge on any atom is -0.00205 e. The third-order valence-corrected chi connectivity index (χ3v) is 3.09. The predicted molar refractivity (Wildman–Crippen MR) is 63.6 cm³/mol. The van der Waals surface area contributed by atoms with Gasteiger partial charge in [-0.25, -0.2) is 0 Å². The minimum Gasteiger partial charge on any atom is -0.316 e. The molecule has 0 aromatic carbocycles. The molecule has 0 atom stereocenters. The minimum absolute atomic E-state index is 1.04. The van der Waals surface area contributed by atoms with Crippen molar-refractivity contribution in [2.45, 2.75) is 64.7 Å². The van der Waals surface area contributed by atoms with Crippen molar-refractivity contribution in [1.82, 2.24) is 5.32 Å². The Morgan fingerprint density at radius 1 is 0.929 bits per heavy atom. The summed E-state index contributed by atoms with van der Waals surface area (Å²) in [6.07, 6.45) is 12.9. The maximum atomic E-state index is 3.55. The van der Waals surface area contributed by atoms with Gasteiger partial charge in [0.15, 0.2) is 0 Å². The SMILES string of the molecule is CCCCCCCCCNCC1CC1. The van der Waals surface area contributed by atoms with Gasteiger partial charge in [0.1, 0.15) is 0 Å². The average Bonchev–Trinajstić information content (AvgIpc) is 2.99. The van der Waals surface area contributed by atoms with E-state index in [1.807, 2.05) is 0 Å². The van der Waals surface area contributed by atoms with Crippen LogP contribution in [0.4, 0.5) is 0 Å². The lowest BCUT2D eigenvalue weighted by Crippen LogP contribution is -2.17. The lowest BCUT2D eigenvalue weighted by Gasteiger charge is -2.03. The van der Waals surface area contributed by atoms with Gasteiger partial charge in [0.25, 0.3) is 0 Å². The van der Waals surface area contributed by atoms with Crippen molar-refractivity contribution in [1.29, 1.82) is 0 Å². The zero-order valence-corrected chi connectivity index (χ0v) is 9.86. The van der Waals surface area contributed by atoms with Crippen LogP contribution in [0.25, 0.3) is 0 Å². The molecule has 1 aliphatic rings. The van der Waals surface area contributed by atoms with Gasteiger partial charge in [-0.1, -0.05) is 45.4 Å². The van der Waals surface area contributed by atoms with E-state index in [9.17, 15) is 0 Å². The van der Waals surface area contributed by atoms with Crippen LogP contribution in [0.5, 0.6) is 0 Å². The van der Waals surface area contributed by atoms with Gasteiger partial charge < -0.3 is 5.32 Å². The van der Waals surface area contributed by atoms with Crippen LogP contribution in [0.15, 0.2) is 0 Å². The Bertz CT molecular complexity index is 118. The molecule has 1 N–H and O–H groups in total. The number of unbranched alkanes of at least 4 members (excludes halogenated alkanes) is 6. The Morgan fingerprint density at radius 3 is 2.21 bits per heavy atom. The van der Waals surface area contributed by atoms with Crippen molar-refractivity contribution in [2.24, 2.45) is 5.92 Å². The molecule has 0 amide bonds. The van der Waals surface area contributed by atoms with Crippen LogP contribution < -0.4 is 5.32 Å². The third kappa shape index (κ3) is 7.37. The van der Waals surface area contributed by atoms with Gasteiger partial charge in [-0.05, 0) is 38.3 Å². The summed E-state index contributed by atoms with van der Waals surface area (Å²) in [6, 6.07) is 0. The van der Waals surface area contributed by atoms with E-state index in [2.05, 4.69) is 12.2 Å². The first-order valence-corrected chi connectivity index (χ1v) is 6.64. The van der Waals surface area contributed by atoms with Crippen molar-refractivity contribution >= 4 is 0 Å². The smallest absolute Gasteiger partial charge is 0.00205 e. The van der Waals surface area contributed by atoms with E-state index in [1.54, 1.807) is 0 Å². The fourth-order valence-corrected chi connectivity index (χ4v) is 1.84. The fraction of sp³-hybridized carbons (Fsp3) is 1.00. The van der Waals surface area contributed by atoms with Crippen molar-refractivity contribution < 1.29 is 0 Å². The summed E-state index contributed by atoms with van der Waals surface area (Å²) >= 11 is 0. The Kier molecular flexibility index (Phi) is 7.12. The first kappa shape index (κ1) is 12.0. The van der Waals surface area contributed by atoms with Gasteiger partial charge in [-0.3, -0.25) is 0 Å². The molecule has 0 aliphatic heterocycles. The molecule has 0 bridgehead atoms. The van der Waals surface area contributed by atoms with Gasteiger partial charge in [0.05, 0.1) is 0 Å². The molecule has 1 rings (SSSR count). The maximum absolute atomic E-state index is 3.55. The zero-order valence-electron chi connectivity index (χ0n) is 9.86. The van der Waals surface area contributed by atoms with Crippen LogP contribution in [-0.4, -0.2) is 13.1 Å². The molecule has 0 aromatic heterocycles. The Labute approximate surface area is 89.7 Å². The van der Waals surface area contributed by atoms with E-state index >= 15 is 0 Å². The second-order valence-corrected chi connectivity index (χ2v) is 4.77. The molecule has 0 radical (unpaired) electrons. The Hall–Kier alpha value is -0.0400. The molecule has 0 unspecified atom stereocenters. The lowest BCUT2D eigenvalue weighted by molar-refractivity contribution is 0.553. The highest BCUT2D eigenvalue weighted by Gasteiger charge is 2.19. The van der Waals surface area contributed by atoms with E-state index in [1.165, 1.54) is 70.9 Å². The molecule has 1 saturated carbocycles. The first-order chi connectivity index (χ1) is 6.93. The molecule has 14 heavy (non-hydrogen) atoms. The quantitative estimate of drug-likeness (QED) is 0.526. The molecule has 0 spiro atoms. The highest BCUT2D eigenvalue weighted by molar-refractivity contribution is 4.74. The fourth-order valence-electron chi connectivity index (χ4n) is 1.84. The van der Waals surface area contributed by atoms with Gasteiger partial charge in [-0.15, -0.1) is 0 Å². The summed E-state index contributed by atoms with van der Waals surface area (Å²) in [7, 11) is 0. The second kappa shape index (κ2) is 8.28. The van der Waals surface area contributed by atoms with Crippen LogP contribution in [-0.2, 0) is 0 Å². The number of hydrogen-bond acceptors (Lipinski definition) is 1. The van der Waals surface area contributed by atoms with Crippen LogP contribution in [0.3, 0.4) is 0 Å². The van der Waals surface area contributed by atoms with E-state index in [4.69, 9.17) is 0 Å². The molecule has 1 nitrogen and oxygen atoms in total. The highest BCUT2D eigenvalue weighted by atomic mass is 14.9. The normalized spacial score (nSPS) is 16.1. The summed E-state index contributed by atoms with van der Waals surface area (Å²) in [5.41, 5.74) is 0. The van der Waals surface area contributed by atoms with Gasteiger partial charge in [-0.2, -0.15) is 0 Å². The summed E-state index contributed by atoms with van der Waals surface area (Å²) in [6.45, 7) is 4.82. The lowest BCUT2D eigenvalue weighted by atomic mass is 10.1. The molecule has 0 saturated heterocycles. The zero-order chi connectivity index (χ0) is 10.1. The largest absolute Gasteiger partial charge is 0.316 e. The van der Waals surface area contributed by atoms with Crippen LogP contribution in [0.1, 0.15) is 64.7 Å². The second-order valence-electron chi connectivity index (χ2n) is 4.77. The van der Waals surface area contributed by atoms with E-state index in [-0.39, 0.29) is 0 Å². The summed E-state index contributed by atoms with van der Waals surface area (Å²) in [4.78, 5) is 0. The summed E-state index contributed by atoms with van der Waals surface area (Å²) in [5, 5.41) is 3.55. The Morgan fingerprint density at radius 2 is 1.57 bits per heavy atom. The van der Waals surface area contributed by atoms with Gasteiger partial charge in [0, 0.05) is 0 Å². The topological polar surface area (TPSA) is 12.0 Å². The minimum atomic E-state index is 1.04. The standard InChI is InChI=1S/C13H27N/c1-2-3-4-5-6-7-8-11-14-12-13-9-10-13/h13-14H,2-12H2,1H3. The van der Waals surface area contributed by atoms with Crippen molar-refractivity contribution in [3.05, 3.63) is 0 Å². The van der Waals surface area contributed by atoms with Gasteiger partial charge >= 0.3 is 0 Å². The number of hydrogen-bond donors (Lipinski definition) is 1. The van der Waals surface area contributed by atoms with Crippen molar-refractivity contribution in [3.63, 3.8) is 0 Å². The molecule has 1 fully saturated rings. The van der Waals surface area contributed by atoms with Crippen LogP contribution in [0, 0.1) is 5.92 Å². The van der Waals surface area contributed by atoms with Crippen molar-refractivity contribution in [2.75, 3.05) is 13.1 Å². The molecule has 0 aromatic rings. The molecule has 84 valence electrons. The third-order valence-electron chi connectivity index (χ3n) is 3.09.